The minimum absolute atomic E-state index is 0.178. The summed E-state index contributed by atoms with van der Waals surface area (Å²) >= 11 is 0. The molecule has 2 rings (SSSR count). The molecule has 0 aliphatic heterocycles. The molecule has 17 heavy (non-hydrogen) atoms. The molecule has 0 aliphatic rings. The molecule has 2 nitrogen and oxygen atoms in total. The van der Waals surface area contributed by atoms with Crippen LogP contribution in [0.5, 0.6) is 0 Å². The second kappa shape index (κ2) is 5.13. The third-order valence-electron chi connectivity index (χ3n) is 2.93. The predicted molar refractivity (Wildman–Crippen MR) is 66.5 cm³/mol. The van der Waals surface area contributed by atoms with E-state index in [0.717, 1.165) is 29.8 Å². The lowest BCUT2D eigenvalue weighted by atomic mass is 10.1. The first-order valence-electron chi connectivity index (χ1n) is 5.95. The molecule has 0 bridgehead atoms. The summed E-state index contributed by atoms with van der Waals surface area (Å²) in [6.45, 7) is 4.83. The van der Waals surface area contributed by atoms with E-state index in [1.54, 1.807) is 12.3 Å². The van der Waals surface area contributed by atoms with E-state index in [1.807, 2.05) is 19.2 Å². The Morgan fingerprint density at radius 3 is 2.94 bits per heavy atom. The fourth-order valence-corrected chi connectivity index (χ4v) is 1.93. The summed E-state index contributed by atoms with van der Waals surface area (Å²) in [6.07, 6.45) is 5.79. The van der Waals surface area contributed by atoms with Crippen molar-refractivity contribution in [2.45, 2.75) is 33.2 Å². The van der Waals surface area contributed by atoms with E-state index in [9.17, 15) is 4.39 Å². The van der Waals surface area contributed by atoms with Gasteiger partial charge in [-0.25, -0.2) is 9.37 Å². The molecule has 1 heterocycles. The highest BCUT2D eigenvalue weighted by atomic mass is 19.1. The monoisotopic (exact) mass is 232 g/mol. The van der Waals surface area contributed by atoms with Crippen LogP contribution in [0.2, 0.25) is 0 Å². The molecule has 1 aromatic carbocycles. The molecule has 0 N–H and O–H groups in total. The van der Waals surface area contributed by atoms with Crippen LogP contribution in [-0.4, -0.2) is 9.55 Å². The molecule has 90 valence electrons. The molecule has 0 saturated heterocycles. The van der Waals surface area contributed by atoms with Crippen LogP contribution in [0.3, 0.4) is 0 Å². The second-order valence-electron chi connectivity index (χ2n) is 4.29. The van der Waals surface area contributed by atoms with Crippen LogP contribution in [0, 0.1) is 12.7 Å². The van der Waals surface area contributed by atoms with Gasteiger partial charge in [0.15, 0.2) is 0 Å². The lowest BCUT2D eigenvalue weighted by molar-refractivity contribution is 0.620. The van der Waals surface area contributed by atoms with Gasteiger partial charge in [0.05, 0.1) is 0 Å². The molecule has 0 fully saturated rings. The Kier molecular flexibility index (Phi) is 3.57. The Hall–Kier alpha value is -1.64. The molecule has 0 aliphatic carbocycles. The van der Waals surface area contributed by atoms with Crippen LogP contribution in [0.1, 0.15) is 30.3 Å². The number of halogens is 1. The molecule has 0 saturated carbocycles. The first-order chi connectivity index (χ1) is 8.20. The molecule has 2 aromatic rings. The maximum atomic E-state index is 13.2. The molecular formula is C14H17FN2. The van der Waals surface area contributed by atoms with Crippen LogP contribution < -0.4 is 0 Å². The van der Waals surface area contributed by atoms with Gasteiger partial charge in [0.1, 0.15) is 11.6 Å². The summed E-state index contributed by atoms with van der Waals surface area (Å²) in [5, 5.41) is 0. The zero-order valence-electron chi connectivity index (χ0n) is 10.3. The minimum atomic E-state index is -0.178. The van der Waals surface area contributed by atoms with Crippen LogP contribution in [-0.2, 0) is 13.0 Å². The van der Waals surface area contributed by atoms with Crippen molar-refractivity contribution in [3.63, 3.8) is 0 Å². The number of nitrogens with zero attached hydrogens (tertiary/aromatic N) is 2. The lowest BCUT2D eigenvalue weighted by Gasteiger charge is -2.10. The third-order valence-corrected chi connectivity index (χ3v) is 2.93. The Labute approximate surface area is 101 Å². The number of aryl methyl sites for hydroxylation is 2. The van der Waals surface area contributed by atoms with Gasteiger partial charge in [0, 0.05) is 25.4 Å². The van der Waals surface area contributed by atoms with Gasteiger partial charge < -0.3 is 4.57 Å². The van der Waals surface area contributed by atoms with E-state index in [4.69, 9.17) is 0 Å². The van der Waals surface area contributed by atoms with Crippen molar-refractivity contribution < 1.29 is 4.39 Å². The van der Waals surface area contributed by atoms with Crippen LogP contribution in [0.4, 0.5) is 4.39 Å². The first-order valence-corrected chi connectivity index (χ1v) is 5.95. The molecule has 0 amide bonds. The Morgan fingerprint density at radius 2 is 2.18 bits per heavy atom. The maximum Gasteiger partial charge on any atom is 0.123 e. The van der Waals surface area contributed by atoms with E-state index in [-0.39, 0.29) is 5.82 Å². The van der Waals surface area contributed by atoms with Crippen molar-refractivity contribution in [3.8, 4) is 0 Å². The first kappa shape index (κ1) is 11.8. The van der Waals surface area contributed by atoms with Crippen LogP contribution in [0.25, 0.3) is 0 Å². The van der Waals surface area contributed by atoms with Gasteiger partial charge >= 0.3 is 0 Å². The largest absolute Gasteiger partial charge is 0.331 e. The van der Waals surface area contributed by atoms with Crippen molar-refractivity contribution in [2.75, 3.05) is 0 Å². The van der Waals surface area contributed by atoms with Gasteiger partial charge in [-0.15, -0.1) is 0 Å². The summed E-state index contributed by atoms with van der Waals surface area (Å²) < 4.78 is 15.3. The van der Waals surface area contributed by atoms with E-state index in [1.165, 1.54) is 6.07 Å². The van der Waals surface area contributed by atoms with E-state index < -0.39 is 0 Å². The van der Waals surface area contributed by atoms with Gasteiger partial charge in [0.2, 0.25) is 0 Å². The smallest absolute Gasteiger partial charge is 0.123 e. The quantitative estimate of drug-likeness (QED) is 0.790. The average molecular weight is 232 g/mol. The standard InChI is InChI=1S/C14H17FN2/c1-3-4-14-16-7-8-17(14)10-12-9-13(15)6-5-11(12)2/h5-9H,3-4,10H2,1-2H3. The second-order valence-corrected chi connectivity index (χ2v) is 4.29. The molecule has 0 atom stereocenters. The van der Waals surface area contributed by atoms with E-state index >= 15 is 0 Å². The van der Waals surface area contributed by atoms with Gasteiger partial charge in [-0.05, 0) is 36.6 Å². The lowest BCUT2D eigenvalue weighted by Crippen LogP contribution is -2.05. The van der Waals surface area contributed by atoms with Crippen molar-refractivity contribution in [1.29, 1.82) is 0 Å². The van der Waals surface area contributed by atoms with Gasteiger partial charge in [-0.2, -0.15) is 0 Å². The number of hydrogen-bond acceptors (Lipinski definition) is 1. The van der Waals surface area contributed by atoms with Crippen LogP contribution in [0.15, 0.2) is 30.6 Å². The topological polar surface area (TPSA) is 17.8 Å². The summed E-state index contributed by atoms with van der Waals surface area (Å²) in [7, 11) is 0. The zero-order valence-corrected chi connectivity index (χ0v) is 10.3. The molecule has 1 aromatic heterocycles. The summed E-state index contributed by atoms with van der Waals surface area (Å²) in [4.78, 5) is 4.32. The Bertz CT molecular complexity index is 503. The highest BCUT2D eigenvalue weighted by Crippen LogP contribution is 2.13. The number of hydrogen-bond donors (Lipinski definition) is 0. The van der Waals surface area contributed by atoms with E-state index in [0.29, 0.717) is 6.54 Å². The zero-order chi connectivity index (χ0) is 12.3. The molecule has 0 unspecified atom stereocenters. The third kappa shape index (κ3) is 2.73. The van der Waals surface area contributed by atoms with E-state index in [2.05, 4.69) is 16.5 Å². The number of rotatable bonds is 4. The van der Waals surface area contributed by atoms with Gasteiger partial charge in [-0.3, -0.25) is 0 Å². The Morgan fingerprint density at radius 1 is 1.35 bits per heavy atom. The summed E-state index contributed by atoms with van der Waals surface area (Å²) in [5.74, 6) is 0.888. The fraction of sp³-hybridized carbons (Fsp3) is 0.357. The number of imidazole rings is 1. The minimum Gasteiger partial charge on any atom is -0.331 e. The average Bonchev–Trinajstić information content (AvgIpc) is 2.72. The summed E-state index contributed by atoms with van der Waals surface area (Å²) in [5.41, 5.74) is 2.13. The Balaban J connectivity index is 2.25. The van der Waals surface area contributed by atoms with Gasteiger partial charge in [-0.1, -0.05) is 13.0 Å². The maximum absolute atomic E-state index is 13.2. The number of aromatic nitrogens is 2. The number of benzene rings is 1. The van der Waals surface area contributed by atoms with Gasteiger partial charge in [0.25, 0.3) is 0 Å². The fourth-order valence-electron chi connectivity index (χ4n) is 1.93. The molecular weight excluding hydrogens is 215 g/mol. The normalized spacial score (nSPS) is 10.8. The van der Waals surface area contributed by atoms with Crippen molar-refractivity contribution in [3.05, 3.63) is 53.4 Å². The van der Waals surface area contributed by atoms with Crippen molar-refractivity contribution in [1.82, 2.24) is 9.55 Å². The molecule has 0 radical (unpaired) electrons. The van der Waals surface area contributed by atoms with Crippen molar-refractivity contribution in [2.24, 2.45) is 0 Å². The molecule has 3 heteroatoms. The molecule has 0 spiro atoms. The van der Waals surface area contributed by atoms with Crippen molar-refractivity contribution >= 4 is 0 Å². The highest BCUT2D eigenvalue weighted by molar-refractivity contribution is 5.27. The SMILES string of the molecule is CCCc1nccn1Cc1cc(F)ccc1C. The van der Waals surface area contributed by atoms with Crippen LogP contribution >= 0.6 is 0 Å². The highest BCUT2D eigenvalue weighted by Gasteiger charge is 2.05. The predicted octanol–water partition coefficient (Wildman–Crippen LogP) is 3.33. The summed E-state index contributed by atoms with van der Waals surface area (Å²) in [6, 6.07) is 4.92.